The van der Waals surface area contributed by atoms with Crippen LogP contribution in [0.2, 0.25) is 0 Å². The normalized spacial score (nSPS) is 12.8. The standard InChI is InChI=1S/C13H30N2O/c1-12(2)14-9-7-8-10-16-11-13(3,4)15(5)6/h12,14H,7-11H2,1-6H3. The van der Waals surface area contributed by atoms with Gasteiger partial charge in [-0.3, -0.25) is 0 Å². The van der Waals surface area contributed by atoms with Crippen molar-refractivity contribution < 1.29 is 4.74 Å². The molecule has 0 aliphatic heterocycles. The molecule has 0 aliphatic carbocycles. The van der Waals surface area contributed by atoms with E-state index in [0.717, 1.165) is 26.2 Å². The maximum atomic E-state index is 5.70. The molecular formula is C13H30N2O. The average molecular weight is 230 g/mol. The number of nitrogens with zero attached hydrogens (tertiary/aromatic N) is 1. The van der Waals surface area contributed by atoms with Crippen molar-refractivity contribution in [3.8, 4) is 0 Å². The largest absolute Gasteiger partial charge is 0.380 e. The predicted molar refractivity (Wildman–Crippen MR) is 71.0 cm³/mol. The van der Waals surface area contributed by atoms with E-state index in [1.807, 2.05) is 0 Å². The van der Waals surface area contributed by atoms with Gasteiger partial charge in [-0.25, -0.2) is 0 Å². The molecule has 0 aliphatic rings. The molecule has 0 unspecified atom stereocenters. The molecule has 0 rings (SSSR count). The van der Waals surface area contributed by atoms with Gasteiger partial charge < -0.3 is 15.0 Å². The molecule has 0 radical (unpaired) electrons. The molecule has 0 atom stereocenters. The molecule has 0 spiro atoms. The third kappa shape index (κ3) is 8.08. The maximum absolute atomic E-state index is 5.70. The highest BCUT2D eigenvalue weighted by Crippen LogP contribution is 2.10. The molecule has 16 heavy (non-hydrogen) atoms. The average Bonchev–Trinajstić information content (AvgIpc) is 2.15. The Morgan fingerprint density at radius 1 is 1.19 bits per heavy atom. The minimum atomic E-state index is 0.135. The molecule has 1 N–H and O–H groups in total. The summed E-state index contributed by atoms with van der Waals surface area (Å²) in [5.41, 5.74) is 0.135. The second-order valence-electron chi connectivity index (χ2n) is 5.58. The third-order valence-corrected chi connectivity index (χ3v) is 2.93. The zero-order valence-electron chi connectivity index (χ0n) is 12.0. The van der Waals surface area contributed by atoms with E-state index in [1.54, 1.807) is 0 Å². The molecule has 3 heteroatoms. The first-order valence-electron chi connectivity index (χ1n) is 6.35. The quantitative estimate of drug-likeness (QED) is 0.614. The molecule has 0 aromatic carbocycles. The predicted octanol–water partition coefficient (Wildman–Crippen LogP) is 2.12. The summed E-state index contributed by atoms with van der Waals surface area (Å²) < 4.78 is 5.70. The molecule has 0 saturated carbocycles. The third-order valence-electron chi connectivity index (χ3n) is 2.93. The van der Waals surface area contributed by atoms with Gasteiger partial charge in [0.05, 0.1) is 6.61 Å². The Labute approximate surface area is 102 Å². The van der Waals surface area contributed by atoms with Crippen molar-refractivity contribution in [3.05, 3.63) is 0 Å². The summed E-state index contributed by atoms with van der Waals surface area (Å²) in [5, 5.41) is 3.41. The van der Waals surface area contributed by atoms with Gasteiger partial charge in [0.15, 0.2) is 0 Å². The Kier molecular flexibility index (Phi) is 7.98. The van der Waals surface area contributed by atoms with E-state index in [-0.39, 0.29) is 5.54 Å². The van der Waals surface area contributed by atoms with E-state index >= 15 is 0 Å². The zero-order chi connectivity index (χ0) is 12.6. The van der Waals surface area contributed by atoms with Gasteiger partial charge in [0.25, 0.3) is 0 Å². The lowest BCUT2D eigenvalue weighted by Gasteiger charge is -2.32. The summed E-state index contributed by atoms with van der Waals surface area (Å²) >= 11 is 0. The van der Waals surface area contributed by atoms with Crippen LogP contribution in [0.5, 0.6) is 0 Å². The number of hydrogen-bond acceptors (Lipinski definition) is 3. The van der Waals surface area contributed by atoms with Crippen molar-refractivity contribution in [2.45, 2.75) is 52.1 Å². The van der Waals surface area contributed by atoms with Gasteiger partial charge in [-0.2, -0.15) is 0 Å². The van der Waals surface area contributed by atoms with E-state index in [4.69, 9.17) is 4.74 Å². The molecule has 0 aromatic rings. The van der Waals surface area contributed by atoms with Crippen LogP contribution in [-0.4, -0.2) is 50.3 Å². The van der Waals surface area contributed by atoms with Gasteiger partial charge in [0.2, 0.25) is 0 Å². The van der Waals surface area contributed by atoms with Gasteiger partial charge >= 0.3 is 0 Å². The highest BCUT2D eigenvalue weighted by atomic mass is 16.5. The Bertz CT molecular complexity index is 167. The summed E-state index contributed by atoms with van der Waals surface area (Å²) in [6.45, 7) is 11.5. The topological polar surface area (TPSA) is 24.5 Å². The van der Waals surface area contributed by atoms with Crippen molar-refractivity contribution in [2.75, 3.05) is 33.9 Å². The number of unbranched alkanes of at least 4 members (excludes halogenated alkanes) is 1. The smallest absolute Gasteiger partial charge is 0.0644 e. The Hall–Kier alpha value is -0.120. The highest BCUT2D eigenvalue weighted by molar-refractivity contribution is 4.75. The maximum Gasteiger partial charge on any atom is 0.0644 e. The number of ether oxygens (including phenoxy) is 1. The lowest BCUT2D eigenvalue weighted by molar-refractivity contribution is 0.0347. The number of hydrogen-bond donors (Lipinski definition) is 1. The van der Waals surface area contributed by atoms with Crippen LogP contribution < -0.4 is 5.32 Å². The Balaban J connectivity index is 3.34. The van der Waals surface area contributed by atoms with Crippen LogP contribution in [0, 0.1) is 0 Å². The minimum absolute atomic E-state index is 0.135. The summed E-state index contributed by atoms with van der Waals surface area (Å²) in [4.78, 5) is 2.20. The van der Waals surface area contributed by atoms with E-state index in [9.17, 15) is 0 Å². The van der Waals surface area contributed by atoms with Crippen LogP contribution in [0.4, 0.5) is 0 Å². The molecular weight excluding hydrogens is 200 g/mol. The van der Waals surface area contributed by atoms with Crippen molar-refractivity contribution >= 4 is 0 Å². The van der Waals surface area contributed by atoms with Crippen molar-refractivity contribution in [1.29, 1.82) is 0 Å². The van der Waals surface area contributed by atoms with Crippen molar-refractivity contribution in [1.82, 2.24) is 10.2 Å². The van der Waals surface area contributed by atoms with Gasteiger partial charge in [-0.1, -0.05) is 13.8 Å². The molecule has 0 saturated heterocycles. The molecule has 0 aromatic heterocycles. The second kappa shape index (κ2) is 8.04. The summed E-state index contributed by atoms with van der Waals surface area (Å²) in [6, 6.07) is 0.591. The summed E-state index contributed by atoms with van der Waals surface area (Å²) in [7, 11) is 4.19. The van der Waals surface area contributed by atoms with Gasteiger partial charge in [-0.15, -0.1) is 0 Å². The van der Waals surface area contributed by atoms with E-state index in [1.165, 1.54) is 6.42 Å². The molecule has 0 heterocycles. The second-order valence-corrected chi connectivity index (χ2v) is 5.58. The monoisotopic (exact) mass is 230 g/mol. The fraction of sp³-hybridized carbons (Fsp3) is 1.00. The zero-order valence-corrected chi connectivity index (χ0v) is 12.0. The van der Waals surface area contributed by atoms with Crippen LogP contribution in [0.25, 0.3) is 0 Å². The van der Waals surface area contributed by atoms with Crippen molar-refractivity contribution in [3.63, 3.8) is 0 Å². The molecule has 0 amide bonds. The number of rotatable bonds is 9. The fourth-order valence-electron chi connectivity index (χ4n) is 1.17. The summed E-state index contributed by atoms with van der Waals surface area (Å²) in [6.07, 6.45) is 2.34. The first-order valence-corrected chi connectivity index (χ1v) is 6.35. The van der Waals surface area contributed by atoms with Crippen molar-refractivity contribution in [2.24, 2.45) is 0 Å². The van der Waals surface area contributed by atoms with Crippen LogP contribution in [-0.2, 0) is 4.74 Å². The molecule has 3 nitrogen and oxygen atoms in total. The van der Waals surface area contributed by atoms with Gasteiger partial charge in [0, 0.05) is 18.2 Å². The molecule has 0 bridgehead atoms. The number of nitrogens with one attached hydrogen (secondary N) is 1. The van der Waals surface area contributed by atoms with Crippen LogP contribution in [0.1, 0.15) is 40.5 Å². The van der Waals surface area contributed by atoms with Crippen LogP contribution >= 0.6 is 0 Å². The lowest BCUT2D eigenvalue weighted by Crippen LogP contribution is -2.42. The Morgan fingerprint density at radius 3 is 2.31 bits per heavy atom. The van der Waals surface area contributed by atoms with Gasteiger partial charge in [-0.05, 0) is 47.3 Å². The first-order chi connectivity index (χ1) is 7.36. The summed E-state index contributed by atoms with van der Waals surface area (Å²) in [5.74, 6) is 0. The van der Waals surface area contributed by atoms with Crippen LogP contribution in [0.15, 0.2) is 0 Å². The van der Waals surface area contributed by atoms with Gasteiger partial charge in [0.1, 0.15) is 0 Å². The fourth-order valence-corrected chi connectivity index (χ4v) is 1.17. The Morgan fingerprint density at radius 2 is 1.81 bits per heavy atom. The minimum Gasteiger partial charge on any atom is -0.380 e. The first kappa shape index (κ1) is 15.9. The molecule has 0 fully saturated rings. The van der Waals surface area contributed by atoms with E-state index < -0.39 is 0 Å². The molecule has 98 valence electrons. The highest BCUT2D eigenvalue weighted by Gasteiger charge is 2.19. The SMILES string of the molecule is CC(C)NCCCCOCC(C)(C)N(C)C. The number of likely N-dealkylation sites (N-methyl/N-ethyl adjacent to an activating group) is 1. The van der Waals surface area contributed by atoms with E-state index in [2.05, 4.69) is 52.0 Å². The lowest BCUT2D eigenvalue weighted by atomic mass is 10.1. The van der Waals surface area contributed by atoms with E-state index in [0.29, 0.717) is 6.04 Å². The van der Waals surface area contributed by atoms with Crippen LogP contribution in [0.3, 0.4) is 0 Å².